The highest BCUT2D eigenvalue weighted by Gasteiger charge is 2.03. The van der Waals surface area contributed by atoms with Crippen LogP contribution in [0.4, 0.5) is 0 Å². The summed E-state index contributed by atoms with van der Waals surface area (Å²) in [5, 5.41) is 0. The Kier molecular flexibility index (Phi) is 5.50. The Morgan fingerprint density at radius 1 is 1.10 bits per heavy atom. The van der Waals surface area contributed by atoms with Crippen LogP contribution in [0.1, 0.15) is 18.9 Å². The molecule has 2 rings (SSSR count). The zero-order valence-electron chi connectivity index (χ0n) is 12.0. The fraction of sp³-hybridized carbons (Fsp3) is 0.294. The topological polar surface area (TPSA) is 35.2 Å². The van der Waals surface area contributed by atoms with E-state index in [0.717, 1.165) is 24.3 Å². The third-order valence-electron chi connectivity index (χ3n) is 3.22. The van der Waals surface area contributed by atoms with Gasteiger partial charge in [-0.3, -0.25) is 0 Å². The lowest BCUT2D eigenvalue weighted by atomic mass is 10.0. The molecule has 0 aliphatic carbocycles. The monoisotopic (exact) mass is 287 g/mol. The predicted molar refractivity (Wildman–Crippen MR) is 86.7 cm³/mol. The quantitative estimate of drug-likeness (QED) is 0.796. The first-order valence-corrected chi connectivity index (χ1v) is 8.10. The van der Waals surface area contributed by atoms with Gasteiger partial charge in [0, 0.05) is 10.9 Å². The standard InChI is InChI=1S/C17H21NOS/c1-3-14(18)11-13-5-4-6-16(12-13)19-15-7-9-17(20-2)10-8-15/h4-10,12,14H,3,11,18H2,1-2H3. The minimum atomic E-state index is 0.214. The molecule has 3 heteroatoms. The van der Waals surface area contributed by atoms with Crippen molar-refractivity contribution in [3.05, 3.63) is 54.1 Å². The van der Waals surface area contributed by atoms with Gasteiger partial charge in [-0.05, 0) is 61.1 Å². The molecule has 1 unspecified atom stereocenters. The fourth-order valence-corrected chi connectivity index (χ4v) is 2.37. The molecular formula is C17H21NOS. The van der Waals surface area contributed by atoms with E-state index in [0.29, 0.717) is 0 Å². The Hall–Kier alpha value is -1.45. The third-order valence-corrected chi connectivity index (χ3v) is 3.96. The van der Waals surface area contributed by atoms with E-state index in [1.165, 1.54) is 10.5 Å². The molecule has 1 atom stereocenters. The van der Waals surface area contributed by atoms with Crippen LogP contribution in [0.15, 0.2) is 53.4 Å². The molecule has 0 heterocycles. The van der Waals surface area contributed by atoms with Crippen molar-refractivity contribution in [3.63, 3.8) is 0 Å². The summed E-state index contributed by atoms with van der Waals surface area (Å²) in [7, 11) is 0. The molecule has 0 radical (unpaired) electrons. The van der Waals surface area contributed by atoms with Gasteiger partial charge in [-0.15, -0.1) is 11.8 Å². The van der Waals surface area contributed by atoms with Crippen LogP contribution < -0.4 is 10.5 Å². The highest BCUT2D eigenvalue weighted by molar-refractivity contribution is 7.98. The van der Waals surface area contributed by atoms with Gasteiger partial charge in [-0.2, -0.15) is 0 Å². The second-order valence-electron chi connectivity index (χ2n) is 4.80. The van der Waals surface area contributed by atoms with Gasteiger partial charge in [0.2, 0.25) is 0 Å². The Morgan fingerprint density at radius 3 is 2.50 bits per heavy atom. The molecule has 0 saturated carbocycles. The van der Waals surface area contributed by atoms with Gasteiger partial charge in [0.15, 0.2) is 0 Å². The fourth-order valence-electron chi connectivity index (χ4n) is 1.96. The molecule has 0 aliphatic rings. The number of benzene rings is 2. The molecule has 0 saturated heterocycles. The third kappa shape index (κ3) is 4.29. The van der Waals surface area contributed by atoms with Gasteiger partial charge in [-0.25, -0.2) is 0 Å². The van der Waals surface area contributed by atoms with Gasteiger partial charge in [0.05, 0.1) is 0 Å². The SMILES string of the molecule is CCC(N)Cc1cccc(Oc2ccc(SC)cc2)c1. The summed E-state index contributed by atoms with van der Waals surface area (Å²) in [4.78, 5) is 1.24. The van der Waals surface area contributed by atoms with Gasteiger partial charge < -0.3 is 10.5 Å². The van der Waals surface area contributed by atoms with Crippen molar-refractivity contribution >= 4 is 11.8 Å². The van der Waals surface area contributed by atoms with Crippen molar-refractivity contribution in [1.82, 2.24) is 0 Å². The number of nitrogens with two attached hydrogens (primary N) is 1. The zero-order chi connectivity index (χ0) is 14.4. The summed E-state index contributed by atoms with van der Waals surface area (Å²) < 4.78 is 5.88. The van der Waals surface area contributed by atoms with Crippen molar-refractivity contribution in [1.29, 1.82) is 0 Å². The van der Waals surface area contributed by atoms with Crippen LogP contribution >= 0.6 is 11.8 Å². The lowest BCUT2D eigenvalue weighted by molar-refractivity contribution is 0.481. The molecule has 0 bridgehead atoms. The molecule has 0 aromatic heterocycles. The van der Waals surface area contributed by atoms with E-state index in [2.05, 4.69) is 37.4 Å². The lowest BCUT2D eigenvalue weighted by Gasteiger charge is -2.11. The Morgan fingerprint density at radius 2 is 1.85 bits per heavy atom. The van der Waals surface area contributed by atoms with Crippen LogP contribution in [0.25, 0.3) is 0 Å². The smallest absolute Gasteiger partial charge is 0.127 e. The van der Waals surface area contributed by atoms with Gasteiger partial charge in [0.1, 0.15) is 11.5 Å². The first-order valence-electron chi connectivity index (χ1n) is 6.87. The van der Waals surface area contributed by atoms with Crippen molar-refractivity contribution in [2.75, 3.05) is 6.26 Å². The van der Waals surface area contributed by atoms with Crippen LogP contribution in [0.2, 0.25) is 0 Å². The van der Waals surface area contributed by atoms with Gasteiger partial charge in [-0.1, -0.05) is 19.1 Å². The highest BCUT2D eigenvalue weighted by atomic mass is 32.2. The molecule has 0 fully saturated rings. The number of hydrogen-bond acceptors (Lipinski definition) is 3. The van der Waals surface area contributed by atoms with Crippen molar-refractivity contribution in [3.8, 4) is 11.5 Å². The number of rotatable bonds is 6. The Balaban J connectivity index is 2.06. The summed E-state index contributed by atoms with van der Waals surface area (Å²) in [6.45, 7) is 2.11. The summed E-state index contributed by atoms with van der Waals surface area (Å²) >= 11 is 1.73. The summed E-state index contributed by atoms with van der Waals surface area (Å²) in [6.07, 6.45) is 3.94. The molecule has 0 amide bonds. The van der Waals surface area contributed by atoms with E-state index in [-0.39, 0.29) is 6.04 Å². The van der Waals surface area contributed by atoms with Crippen LogP contribution in [-0.2, 0) is 6.42 Å². The molecule has 2 aromatic rings. The highest BCUT2D eigenvalue weighted by Crippen LogP contribution is 2.25. The van der Waals surface area contributed by atoms with Crippen LogP contribution in [0.5, 0.6) is 11.5 Å². The maximum Gasteiger partial charge on any atom is 0.127 e. The van der Waals surface area contributed by atoms with Gasteiger partial charge in [0.25, 0.3) is 0 Å². The molecule has 106 valence electrons. The van der Waals surface area contributed by atoms with E-state index in [1.807, 2.05) is 24.3 Å². The first-order chi connectivity index (χ1) is 9.71. The maximum atomic E-state index is 6.00. The molecule has 20 heavy (non-hydrogen) atoms. The number of thioether (sulfide) groups is 1. The second-order valence-corrected chi connectivity index (χ2v) is 5.68. The summed E-state index contributed by atoms with van der Waals surface area (Å²) in [6, 6.07) is 16.5. The molecule has 2 nitrogen and oxygen atoms in total. The zero-order valence-corrected chi connectivity index (χ0v) is 12.8. The van der Waals surface area contributed by atoms with Crippen molar-refractivity contribution in [2.45, 2.75) is 30.7 Å². The molecule has 0 aliphatic heterocycles. The van der Waals surface area contributed by atoms with E-state index < -0.39 is 0 Å². The number of hydrogen-bond donors (Lipinski definition) is 1. The molecule has 2 N–H and O–H groups in total. The molecule has 0 spiro atoms. The lowest BCUT2D eigenvalue weighted by Crippen LogP contribution is -2.21. The van der Waals surface area contributed by atoms with Gasteiger partial charge >= 0.3 is 0 Å². The van der Waals surface area contributed by atoms with Crippen molar-refractivity contribution in [2.24, 2.45) is 5.73 Å². The normalized spacial score (nSPS) is 12.2. The Labute approximate surface area is 125 Å². The largest absolute Gasteiger partial charge is 0.457 e. The maximum absolute atomic E-state index is 6.00. The predicted octanol–water partition coefficient (Wildman–Crippen LogP) is 4.48. The first kappa shape index (κ1) is 14.9. The summed E-state index contributed by atoms with van der Waals surface area (Å²) in [5.41, 5.74) is 7.22. The average Bonchev–Trinajstić information content (AvgIpc) is 2.48. The van der Waals surface area contributed by atoms with Crippen LogP contribution in [0.3, 0.4) is 0 Å². The van der Waals surface area contributed by atoms with E-state index in [9.17, 15) is 0 Å². The average molecular weight is 287 g/mol. The molecule has 2 aromatic carbocycles. The van der Waals surface area contributed by atoms with E-state index >= 15 is 0 Å². The minimum absolute atomic E-state index is 0.214. The summed E-state index contributed by atoms with van der Waals surface area (Å²) in [5.74, 6) is 1.72. The Bertz CT molecular complexity index is 539. The number of ether oxygens (including phenoxy) is 1. The minimum Gasteiger partial charge on any atom is -0.457 e. The second kappa shape index (κ2) is 7.36. The van der Waals surface area contributed by atoms with Crippen LogP contribution in [-0.4, -0.2) is 12.3 Å². The van der Waals surface area contributed by atoms with Crippen molar-refractivity contribution < 1.29 is 4.74 Å². The van der Waals surface area contributed by atoms with E-state index in [4.69, 9.17) is 10.5 Å². The van der Waals surface area contributed by atoms with Crippen LogP contribution in [0, 0.1) is 0 Å². The van der Waals surface area contributed by atoms with E-state index in [1.54, 1.807) is 11.8 Å². The molecular weight excluding hydrogens is 266 g/mol.